The van der Waals surface area contributed by atoms with Gasteiger partial charge in [0.1, 0.15) is 5.75 Å². The standard InChI is InChI=1S/C19H32N2O2/c1-3-13-21(16-19-5-4-15-23-19)14-12-20-11-10-17-6-8-18(22-2)9-7-17/h6-9,19-20H,3-5,10-16H2,1-2H3. The van der Waals surface area contributed by atoms with E-state index in [2.05, 4.69) is 29.3 Å². The summed E-state index contributed by atoms with van der Waals surface area (Å²) >= 11 is 0. The van der Waals surface area contributed by atoms with Gasteiger partial charge in [-0.2, -0.15) is 0 Å². The fourth-order valence-electron chi connectivity index (χ4n) is 3.07. The van der Waals surface area contributed by atoms with E-state index in [0.29, 0.717) is 6.10 Å². The van der Waals surface area contributed by atoms with E-state index in [9.17, 15) is 0 Å². The van der Waals surface area contributed by atoms with Crippen LogP contribution in [-0.2, 0) is 11.2 Å². The lowest BCUT2D eigenvalue weighted by molar-refractivity contribution is 0.0734. The van der Waals surface area contributed by atoms with E-state index in [1.807, 2.05) is 12.1 Å². The SMILES string of the molecule is CCCN(CCNCCc1ccc(OC)cc1)CC1CCCO1. The fraction of sp³-hybridized carbons (Fsp3) is 0.684. The molecule has 0 radical (unpaired) electrons. The van der Waals surface area contributed by atoms with E-state index in [-0.39, 0.29) is 0 Å². The van der Waals surface area contributed by atoms with Crippen LogP contribution >= 0.6 is 0 Å². The van der Waals surface area contributed by atoms with Crippen molar-refractivity contribution in [3.05, 3.63) is 29.8 Å². The molecule has 1 aromatic carbocycles. The molecular weight excluding hydrogens is 288 g/mol. The predicted molar refractivity (Wildman–Crippen MR) is 95.3 cm³/mol. The van der Waals surface area contributed by atoms with Gasteiger partial charge in [0.25, 0.3) is 0 Å². The summed E-state index contributed by atoms with van der Waals surface area (Å²) in [7, 11) is 1.70. The number of benzene rings is 1. The van der Waals surface area contributed by atoms with E-state index in [1.54, 1.807) is 7.11 Å². The Morgan fingerprint density at radius 2 is 2.04 bits per heavy atom. The summed E-state index contributed by atoms with van der Waals surface area (Å²) in [5.41, 5.74) is 1.35. The zero-order valence-corrected chi connectivity index (χ0v) is 14.7. The van der Waals surface area contributed by atoms with Crippen LogP contribution in [0.4, 0.5) is 0 Å². The highest BCUT2D eigenvalue weighted by atomic mass is 16.5. The summed E-state index contributed by atoms with van der Waals surface area (Å²) in [6, 6.07) is 8.34. The molecule has 0 aliphatic carbocycles. The van der Waals surface area contributed by atoms with Gasteiger partial charge in [-0.1, -0.05) is 19.1 Å². The molecule has 0 spiro atoms. The van der Waals surface area contributed by atoms with Gasteiger partial charge in [0.05, 0.1) is 13.2 Å². The smallest absolute Gasteiger partial charge is 0.118 e. The predicted octanol–water partition coefficient (Wildman–Crippen LogP) is 2.72. The third-order valence-corrected chi connectivity index (χ3v) is 4.38. The maximum absolute atomic E-state index is 5.76. The van der Waals surface area contributed by atoms with Gasteiger partial charge in [0, 0.05) is 26.2 Å². The first-order valence-electron chi connectivity index (χ1n) is 8.99. The minimum atomic E-state index is 0.459. The lowest BCUT2D eigenvalue weighted by atomic mass is 10.1. The average molecular weight is 320 g/mol. The van der Waals surface area contributed by atoms with Crippen LogP contribution in [0.15, 0.2) is 24.3 Å². The molecule has 0 bridgehead atoms. The molecular formula is C19H32N2O2. The topological polar surface area (TPSA) is 33.7 Å². The van der Waals surface area contributed by atoms with Gasteiger partial charge in [0.2, 0.25) is 0 Å². The quantitative estimate of drug-likeness (QED) is 0.636. The van der Waals surface area contributed by atoms with Crippen LogP contribution in [0.25, 0.3) is 0 Å². The van der Waals surface area contributed by atoms with Crippen molar-refractivity contribution < 1.29 is 9.47 Å². The molecule has 0 amide bonds. The van der Waals surface area contributed by atoms with Crippen LogP contribution in [0, 0.1) is 0 Å². The summed E-state index contributed by atoms with van der Waals surface area (Å²) in [6.45, 7) is 8.63. The number of hydrogen-bond acceptors (Lipinski definition) is 4. The van der Waals surface area contributed by atoms with Crippen LogP contribution in [0.1, 0.15) is 31.7 Å². The number of rotatable bonds is 11. The zero-order chi connectivity index (χ0) is 16.3. The monoisotopic (exact) mass is 320 g/mol. The van der Waals surface area contributed by atoms with Crippen molar-refractivity contribution >= 4 is 0 Å². The molecule has 130 valence electrons. The molecule has 1 aliphatic rings. The van der Waals surface area contributed by atoms with Crippen LogP contribution in [0.3, 0.4) is 0 Å². The first-order valence-corrected chi connectivity index (χ1v) is 8.99. The molecule has 1 atom stereocenters. The summed E-state index contributed by atoms with van der Waals surface area (Å²) < 4.78 is 10.9. The van der Waals surface area contributed by atoms with E-state index in [1.165, 1.54) is 31.4 Å². The molecule has 1 saturated heterocycles. The molecule has 1 unspecified atom stereocenters. The normalized spacial score (nSPS) is 17.8. The first-order chi connectivity index (χ1) is 11.3. The van der Waals surface area contributed by atoms with Crippen molar-refractivity contribution in [2.75, 3.05) is 46.4 Å². The molecule has 1 N–H and O–H groups in total. The van der Waals surface area contributed by atoms with Gasteiger partial charge in [-0.3, -0.25) is 4.90 Å². The zero-order valence-electron chi connectivity index (χ0n) is 14.7. The molecule has 4 heteroatoms. The largest absolute Gasteiger partial charge is 0.497 e. The van der Waals surface area contributed by atoms with Gasteiger partial charge < -0.3 is 14.8 Å². The Kier molecular flexibility index (Phi) is 8.43. The van der Waals surface area contributed by atoms with Crippen LogP contribution < -0.4 is 10.1 Å². The van der Waals surface area contributed by atoms with Crippen molar-refractivity contribution in [1.82, 2.24) is 10.2 Å². The highest BCUT2D eigenvalue weighted by molar-refractivity contribution is 5.27. The van der Waals surface area contributed by atoms with E-state index in [4.69, 9.17) is 9.47 Å². The molecule has 4 nitrogen and oxygen atoms in total. The maximum Gasteiger partial charge on any atom is 0.118 e. The lowest BCUT2D eigenvalue weighted by Crippen LogP contribution is -2.38. The minimum Gasteiger partial charge on any atom is -0.497 e. The van der Waals surface area contributed by atoms with Crippen LogP contribution in [-0.4, -0.2) is 57.4 Å². The molecule has 1 heterocycles. The van der Waals surface area contributed by atoms with Crippen molar-refractivity contribution in [3.8, 4) is 5.75 Å². The molecule has 1 aliphatic heterocycles. The fourth-order valence-corrected chi connectivity index (χ4v) is 3.07. The number of methoxy groups -OCH3 is 1. The Hall–Kier alpha value is -1.10. The number of ether oxygens (including phenoxy) is 2. The van der Waals surface area contributed by atoms with Crippen molar-refractivity contribution in [2.45, 2.75) is 38.7 Å². The molecule has 1 fully saturated rings. The Bertz CT molecular complexity index is 416. The molecule has 0 saturated carbocycles. The summed E-state index contributed by atoms with van der Waals surface area (Å²) in [4.78, 5) is 2.54. The Labute approximate surface area is 141 Å². The van der Waals surface area contributed by atoms with Crippen molar-refractivity contribution in [1.29, 1.82) is 0 Å². The van der Waals surface area contributed by atoms with E-state index < -0.39 is 0 Å². The number of nitrogens with one attached hydrogen (secondary N) is 1. The second-order valence-corrected chi connectivity index (χ2v) is 6.28. The lowest BCUT2D eigenvalue weighted by Gasteiger charge is -2.24. The maximum atomic E-state index is 5.76. The van der Waals surface area contributed by atoms with Gasteiger partial charge in [-0.15, -0.1) is 0 Å². The van der Waals surface area contributed by atoms with Crippen LogP contribution in [0.5, 0.6) is 5.75 Å². The molecule has 23 heavy (non-hydrogen) atoms. The van der Waals surface area contributed by atoms with Crippen molar-refractivity contribution in [2.24, 2.45) is 0 Å². The molecule has 0 aromatic heterocycles. The number of hydrogen-bond donors (Lipinski definition) is 1. The van der Waals surface area contributed by atoms with E-state index in [0.717, 1.165) is 45.0 Å². The third-order valence-electron chi connectivity index (χ3n) is 4.38. The highest BCUT2D eigenvalue weighted by Gasteiger charge is 2.18. The minimum absolute atomic E-state index is 0.459. The Balaban J connectivity index is 1.59. The third kappa shape index (κ3) is 6.90. The van der Waals surface area contributed by atoms with Gasteiger partial charge >= 0.3 is 0 Å². The van der Waals surface area contributed by atoms with Gasteiger partial charge in [0.15, 0.2) is 0 Å². The van der Waals surface area contributed by atoms with Gasteiger partial charge in [-0.05, 0) is 56.5 Å². The molecule has 2 rings (SSSR count). The van der Waals surface area contributed by atoms with E-state index >= 15 is 0 Å². The van der Waals surface area contributed by atoms with Gasteiger partial charge in [-0.25, -0.2) is 0 Å². The second kappa shape index (κ2) is 10.6. The van der Waals surface area contributed by atoms with Crippen LogP contribution in [0.2, 0.25) is 0 Å². The second-order valence-electron chi connectivity index (χ2n) is 6.28. The first kappa shape index (κ1) is 18.2. The average Bonchev–Trinajstić information content (AvgIpc) is 3.08. The number of nitrogens with zero attached hydrogens (tertiary/aromatic N) is 1. The molecule has 1 aromatic rings. The Morgan fingerprint density at radius 1 is 1.22 bits per heavy atom. The Morgan fingerprint density at radius 3 is 2.70 bits per heavy atom. The summed E-state index contributed by atoms with van der Waals surface area (Å²) in [6.07, 6.45) is 5.18. The summed E-state index contributed by atoms with van der Waals surface area (Å²) in [5, 5.41) is 3.56. The highest BCUT2D eigenvalue weighted by Crippen LogP contribution is 2.13. The van der Waals surface area contributed by atoms with Crippen molar-refractivity contribution in [3.63, 3.8) is 0 Å². The summed E-state index contributed by atoms with van der Waals surface area (Å²) in [5.74, 6) is 0.922.